The van der Waals surface area contributed by atoms with Crippen LogP contribution in [0.3, 0.4) is 0 Å². The van der Waals surface area contributed by atoms with E-state index in [2.05, 4.69) is 5.32 Å². The minimum Gasteiger partial charge on any atom is -0.398 e. The third kappa shape index (κ3) is 2.80. The molecule has 5 heteroatoms. The summed E-state index contributed by atoms with van der Waals surface area (Å²) in [6, 6.07) is 3.44. The predicted octanol–water partition coefficient (Wildman–Crippen LogP) is 0.879. The molecule has 2 amide bonds. The summed E-state index contributed by atoms with van der Waals surface area (Å²) >= 11 is 0. The highest BCUT2D eigenvalue weighted by atomic mass is 16.2. The van der Waals surface area contributed by atoms with Crippen LogP contribution in [-0.4, -0.2) is 17.4 Å². The standard InChI is InChI=1S/C13H19N3O2/c1-7-5-8(2)10(14)6-9(7)11(17)16-13(3,4)12(15)18/h5-6H,14H2,1-4H3,(H2,15,18)(H,16,17). The Bertz CT molecular complexity index is 507. The zero-order valence-corrected chi connectivity index (χ0v) is 11.1. The highest BCUT2D eigenvalue weighted by molar-refractivity contribution is 6.00. The van der Waals surface area contributed by atoms with Crippen molar-refractivity contribution in [1.29, 1.82) is 0 Å². The first-order chi connectivity index (χ1) is 8.15. The number of carbonyl (C=O) groups excluding carboxylic acids is 2. The summed E-state index contributed by atoms with van der Waals surface area (Å²) in [7, 11) is 0. The van der Waals surface area contributed by atoms with E-state index in [0.717, 1.165) is 11.1 Å². The van der Waals surface area contributed by atoms with Crippen molar-refractivity contribution in [2.45, 2.75) is 33.2 Å². The number of hydrogen-bond acceptors (Lipinski definition) is 3. The van der Waals surface area contributed by atoms with Crippen LogP contribution in [0.5, 0.6) is 0 Å². The number of aryl methyl sites for hydroxylation is 2. The summed E-state index contributed by atoms with van der Waals surface area (Å²) in [6.45, 7) is 6.80. The number of nitrogens with one attached hydrogen (secondary N) is 1. The van der Waals surface area contributed by atoms with E-state index in [1.807, 2.05) is 19.9 Å². The molecule has 0 saturated heterocycles. The maximum absolute atomic E-state index is 12.1. The summed E-state index contributed by atoms with van der Waals surface area (Å²) < 4.78 is 0. The number of benzene rings is 1. The largest absolute Gasteiger partial charge is 0.398 e. The molecule has 0 aliphatic heterocycles. The van der Waals surface area contributed by atoms with Crippen LogP contribution in [0.25, 0.3) is 0 Å². The van der Waals surface area contributed by atoms with Crippen molar-refractivity contribution in [2.24, 2.45) is 5.73 Å². The van der Waals surface area contributed by atoms with Gasteiger partial charge in [0.1, 0.15) is 5.54 Å². The van der Waals surface area contributed by atoms with Gasteiger partial charge < -0.3 is 16.8 Å². The molecule has 0 atom stereocenters. The van der Waals surface area contributed by atoms with Gasteiger partial charge >= 0.3 is 0 Å². The van der Waals surface area contributed by atoms with E-state index in [-0.39, 0.29) is 5.91 Å². The average Bonchev–Trinajstić information content (AvgIpc) is 2.22. The van der Waals surface area contributed by atoms with Gasteiger partial charge in [0.25, 0.3) is 5.91 Å². The molecule has 0 saturated carbocycles. The van der Waals surface area contributed by atoms with Gasteiger partial charge in [0.15, 0.2) is 0 Å². The van der Waals surface area contributed by atoms with Crippen molar-refractivity contribution >= 4 is 17.5 Å². The van der Waals surface area contributed by atoms with Crippen molar-refractivity contribution in [2.75, 3.05) is 5.73 Å². The molecule has 0 radical (unpaired) electrons. The zero-order valence-electron chi connectivity index (χ0n) is 11.1. The number of carbonyl (C=O) groups is 2. The van der Waals surface area contributed by atoms with Crippen LogP contribution in [0.15, 0.2) is 12.1 Å². The Balaban J connectivity index is 3.06. The lowest BCUT2D eigenvalue weighted by Crippen LogP contribution is -2.53. The predicted molar refractivity (Wildman–Crippen MR) is 71.1 cm³/mol. The molecule has 98 valence electrons. The maximum atomic E-state index is 12.1. The van der Waals surface area contributed by atoms with Gasteiger partial charge in [0.2, 0.25) is 5.91 Å². The molecule has 0 aromatic heterocycles. The van der Waals surface area contributed by atoms with Crippen LogP contribution < -0.4 is 16.8 Å². The minimum atomic E-state index is -1.09. The summed E-state index contributed by atoms with van der Waals surface area (Å²) in [4.78, 5) is 23.3. The normalized spacial score (nSPS) is 11.1. The van der Waals surface area contributed by atoms with E-state index < -0.39 is 11.4 Å². The summed E-state index contributed by atoms with van der Waals surface area (Å²) in [5, 5.41) is 2.59. The number of anilines is 1. The minimum absolute atomic E-state index is 0.358. The highest BCUT2D eigenvalue weighted by Crippen LogP contribution is 2.18. The molecule has 18 heavy (non-hydrogen) atoms. The lowest BCUT2D eigenvalue weighted by molar-refractivity contribution is -0.122. The Morgan fingerprint density at radius 1 is 1.17 bits per heavy atom. The van der Waals surface area contributed by atoms with Gasteiger partial charge in [-0.2, -0.15) is 0 Å². The Kier molecular flexibility index (Phi) is 3.65. The quantitative estimate of drug-likeness (QED) is 0.693. The molecule has 1 aromatic carbocycles. The fourth-order valence-corrected chi connectivity index (χ4v) is 1.53. The zero-order chi connectivity index (χ0) is 14.1. The first-order valence-electron chi connectivity index (χ1n) is 5.64. The molecule has 0 unspecified atom stereocenters. The Labute approximate surface area is 107 Å². The smallest absolute Gasteiger partial charge is 0.252 e. The average molecular weight is 249 g/mol. The molecular formula is C13H19N3O2. The van der Waals surface area contributed by atoms with Gasteiger partial charge in [-0.3, -0.25) is 9.59 Å². The van der Waals surface area contributed by atoms with E-state index >= 15 is 0 Å². The van der Waals surface area contributed by atoms with Gasteiger partial charge in [-0.1, -0.05) is 6.07 Å². The first-order valence-corrected chi connectivity index (χ1v) is 5.64. The van der Waals surface area contributed by atoms with E-state index in [9.17, 15) is 9.59 Å². The molecule has 0 spiro atoms. The number of nitrogen functional groups attached to an aromatic ring is 1. The highest BCUT2D eigenvalue weighted by Gasteiger charge is 2.27. The fraction of sp³-hybridized carbons (Fsp3) is 0.385. The van der Waals surface area contributed by atoms with Crippen LogP contribution in [0.4, 0.5) is 5.69 Å². The Morgan fingerprint density at radius 3 is 2.22 bits per heavy atom. The number of primary amides is 1. The summed E-state index contributed by atoms with van der Waals surface area (Å²) in [5.41, 5.74) is 12.6. The fourth-order valence-electron chi connectivity index (χ4n) is 1.53. The third-order valence-corrected chi connectivity index (χ3v) is 2.90. The lowest BCUT2D eigenvalue weighted by atomic mass is 10.0. The molecule has 0 aliphatic rings. The number of amides is 2. The van der Waals surface area contributed by atoms with Crippen molar-refractivity contribution in [1.82, 2.24) is 5.32 Å². The van der Waals surface area contributed by atoms with E-state index in [1.54, 1.807) is 19.9 Å². The molecule has 0 bridgehead atoms. The molecule has 5 nitrogen and oxygen atoms in total. The van der Waals surface area contributed by atoms with Gasteiger partial charge in [-0.05, 0) is 44.9 Å². The SMILES string of the molecule is Cc1cc(C)c(C(=O)NC(C)(C)C(N)=O)cc1N. The lowest BCUT2D eigenvalue weighted by Gasteiger charge is -2.23. The van der Waals surface area contributed by atoms with E-state index in [1.165, 1.54) is 0 Å². The van der Waals surface area contributed by atoms with Crippen LogP contribution in [-0.2, 0) is 4.79 Å². The number of rotatable bonds is 3. The first kappa shape index (κ1) is 14.0. The van der Waals surface area contributed by atoms with Crippen LogP contribution >= 0.6 is 0 Å². The van der Waals surface area contributed by atoms with Crippen molar-refractivity contribution in [3.8, 4) is 0 Å². The maximum Gasteiger partial charge on any atom is 0.252 e. The van der Waals surface area contributed by atoms with Gasteiger partial charge in [0, 0.05) is 11.3 Å². The summed E-state index contributed by atoms with van der Waals surface area (Å²) in [6.07, 6.45) is 0. The van der Waals surface area contributed by atoms with Crippen LogP contribution in [0.1, 0.15) is 35.3 Å². The van der Waals surface area contributed by atoms with Gasteiger partial charge in [0.05, 0.1) is 0 Å². The second kappa shape index (κ2) is 4.68. The van der Waals surface area contributed by atoms with Gasteiger partial charge in [-0.15, -0.1) is 0 Å². The third-order valence-electron chi connectivity index (χ3n) is 2.90. The second-order valence-corrected chi connectivity index (χ2v) is 4.97. The molecule has 0 aliphatic carbocycles. The van der Waals surface area contributed by atoms with Crippen molar-refractivity contribution in [3.05, 3.63) is 28.8 Å². The molecule has 1 rings (SSSR count). The van der Waals surface area contributed by atoms with E-state index in [4.69, 9.17) is 11.5 Å². The Hall–Kier alpha value is -2.04. The van der Waals surface area contributed by atoms with Crippen LogP contribution in [0, 0.1) is 13.8 Å². The molecule has 0 heterocycles. The Morgan fingerprint density at radius 2 is 1.72 bits per heavy atom. The van der Waals surface area contributed by atoms with Gasteiger partial charge in [-0.25, -0.2) is 0 Å². The topological polar surface area (TPSA) is 98.2 Å². The number of hydrogen-bond donors (Lipinski definition) is 3. The van der Waals surface area contributed by atoms with Crippen molar-refractivity contribution < 1.29 is 9.59 Å². The molecule has 5 N–H and O–H groups in total. The van der Waals surface area contributed by atoms with Crippen molar-refractivity contribution in [3.63, 3.8) is 0 Å². The second-order valence-electron chi connectivity index (χ2n) is 4.97. The molecular weight excluding hydrogens is 230 g/mol. The van der Waals surface area contributed by atoms with E-state index in [0.29, 0.717) is 11.3 Å². The summed E-state index contributed by atoms with van der Waals surface area (Å²) in [5.74, 6) is -0.948. The van der Waals surface area contributed by atoms with Crippen LogP contribution in [0.2, 0.25) is 0 Å². The monoisotopic (exact) mass is 249 g/mol. The number of nitrogens with two attached hydrogens (primary N) is 2. The molecule has 1 aromatic rings. The molecule has 0 fully saturated rings.